The van der Waals surface area contributed by atoms with Crippen LogP contribution in [0.2, 0.25) is 0 Å². The second kappa shape index (κ2) is 4.96. The number of hydrogen-bond acceptors (Lipinski definition) is 3. The van der Waals surface area contributed by atoms with Crippen LogP contribution in [0, 0.1) is 5.92 Å². The first-order chi connectivity index (χ1) is 10.5. The number of anilines is 1. The van der Waals surface area contributed by atoms with Crippen molar-refractivity contribution in [1.29, 1.82) is 0 Å². The van der Waals surface area contributed by atoms with Crippen LogP contribution in [0.25, 0.3) is 0 Å². The molecule has 2 bridgehead atoms. The van der Waals surface area contributed by atoms with Crippen molar-refractivity contribution in [3.05, 3.63) is 29.7 Å². The van der Waals surface area contributed by atoms with Crippen molar-refractivity contribution < 1.29 is 13.2 Å². The molecular formula is C16H18F3N3. The van der Waals surface area contributed by atoms with E-state index in [1.54, 1.807) is 0 Å². The molecule has 1 aromatic heterocycles. The maximum atomic E-state index is 12.8. The number of rotatable bonds is 2. The summed E-state index contributed by atoms with van der Waals surface area (Å²) >= 11 is 0. The Hall–Kier alpha value is -1.59. The minimum Gasteiger partial charge on any atom is -0.350 e. The third-order valence-corrected chi connectivity index (χ3v) is 4.92. The van der Waals surface area contributed by atoms with Gasteiger partial charge in [-0.3, -0.25) is 0 Å². The van der Waals surface area contributed by atoms with Gasteiger partial charge in [0.2, 0.25) is 0 Å². The first-order valence-corrected chi connectivity index (χ1v) is 7.88. The molecule has 0 N–H and O–H groups in total. The Morgan fingerprint density at radius 3 is 2.32 bits per heavy atom. The lowest BCUT2D eigenvalue weighted by atomic mass is 9.95. The summed E-state index contributed by atoms with van der Waals surface area (Å²) in [5, 5.41) is 0. The number of aromatic nitrogens is 2. The molecule has 6 heteroatoms. The van der Waals surface area contributed by atoms with Crippen molar-refractivity contribution in [1.82, 2.24) is 9.97 Å². The van der Waals surface area contributed by atoms with E-state index in [0.29, 0.717) is 17.9 Å². The predicted molar refractivity (Wildman–Crippen MR) is 76.4 cm³/mol. The zero-order chi connectivity index (χ0) is 15.3. The third-order valence-electron chi connectivity index (χ3n) is 4.92. The van der Waals surface area contributed by atoms with E-state index in [-0.39, 0.29) is 0 Å². The molecule has 0 spiro atoms. The van der Waals surface area contributed by atoms with Crippen LogP contribution in [0.4, 0.5) is 19.0 Å². The van der Waals surface area contributed by atoms with Crippen molar-refractivity contribution in [2.45, 2.75) is 56.8 Å². The van der Waals surface area contributed by atoms with E-state index in [4.69, 9.17) is 0 Å². The van der Waals surface area contributed by atoms with Gasteiger partial charge in [-0.05, 0) is 44.4 Å². The van der Waals surface area contributed by atoms with Crippen LogP contribution in [0.3, 0.4) is 0 Å². The molecule has 2 saturated heterocycles. The molecule has 2 aliphatic heterocycles. The van der Waals surface area contributed by atoms with E-state index in [1.807, 2.05) is 0 Å². The average molecular weight is 309 g/mol. The van der Waals surface area contributed by atoms with Gasteiger partial charge >= 0.3 is 6.18 Å². The fourth-order valence-corrected chi connectivity index (χ4v) is 3.80. The topological polar surface area (TPSA) is 29.0 Å². The lowest BCUT2D eigenvalue weighted by Gasteiger charge is -2.37. The van der Waals surface area contributed by atoms with Gasteiger partial charge in [0.05, 0.1) is 0 Å². The Kier molecular flexibility index (Phi) is 3.16. The fraction of sp³-hybridized carbons (Fsp3) is 0.625. The molecule has 1 aliphatic carbocycles. The molecule has 0 amide bonds. The van der Waals surface area contributed by atoms with E-state index in [1.165, 1.54) is 18.4 Å². The molecule has 2 unspecified atom stereocenters. The first-order valence-electron chi connectivity index (χ1n) is 7.88. The Labute approximate surface area is 127 Å². The zero-order valence-electron chi connectivity index (χ0n) is 12.2. The summed E-state index contributed by atoms with van der Waals surface area (Å²) in [4.78, 5) is 9.57. The number of halogens is 3. The average Bonchev–Trinajstić information content (AvgIpc) is 3.23. The standard InChI is InChI=1S/C16H18F3N3/c17-16(18,19)14-8-15(21-9-20-14)22-12-3-4-13(22)7-11(6-12)5-10-1-2-10/h5,8-10,12-13H,1-4,6-7H2. The van der Waals surface area contributed by atoms with Crippen LogP contribution in [-0.4, -0.2) is 22.1 Å². The maximum Gasteiger partial charge on any atom is 0.433 e. The SMILES string of the molecule is FC(F)(F)c1cc(N2C3CCC2CC(=CC2CC2)C3)ncn1. The van der Waals surface area contributed by atoms with Crippen LogP contribution < -0.4 is 4.90 Å². The highest BCUT2D eigenvalue weighted by atomic mass is 19.4. The third kappa shape index (κ3) is 2.59. The number of nitrogens with zero attached hydrogens (tertiary/aromatic N) is 3. The summed E-state index contributed by atoms with van der Waals surface area (Å²) in [6, 6.07) is 1.68. The van der Waals surface area contributed by atoms with E-state index in [0.717, 1.165) is 44.0 Å². The first kappa shape index (κ1) is 14.0. The van der Waals surface area contributed by atoms with Gasteiger partial charge in [-0.1, -0.05) is 11.6 Å². The Morgan fingerprint density at radius 1 is 1.05 bits per heavy atom. The van der Waals surface area contributed by atoms with Crippen LogP contribution in [-0.2, 0) is 6.18 Å². The molecule has 118 valence electrons. The van der Waals surface area contributed by atoms with Gasteiger partial charge in [0.25, 0.3) is 0 Å². The highest BCUT2D eigenvalue weighted by molar-refractivity contribution is 5.46. The molecule has 0 aromatic carbocycles. The molecule has 1 saturated carbocycles. The highest BCUT2D eigenvalue weighted by Gasteiger charge is 2.41. The molecular weight excluding hydrogens is 291 g/mol. The van der Waals surface area contributed by atoms with Gasteiger partial charge in [-0.15, -0.1) is 0 Å². The molecule has 2 atom stereocenters. The molecule has 3 aliphatic rings. The van der Waals surface area contributed by atoms with Gasteiger partial charge < -0.3 is 4.90 Å². The minimum absolute atomic E-state index is 0.291. The van der Waals surface area contributed by atoms with Crippen LogP contribution in [0.5, 0.6) is 0 Å². The lowest BCUT2D eigenvalue weighted by molar-refractivity contribution is -0.141. The van der Waals surface area contributed by atoms with E-state index >= 15 is 0 Å². The summed E-state index contributed by atoms with van der Waals surface area (Å²) in [7, 11) is 0. The minimum atomic E-state index is -4.41. The monoisotopic (exact) mass is 309 g/mol. The normalized spacial score (nSPS) is 28.1. The number of allylic oxidation sites excluding steroid dienone is 1. The van der Waals surface area contributed by atoms with Gasteiger partial charge in [0.15, 0.2) is 0 Å². The quantitative estimate of drug-likeness (QED) is 0.774. The van der Waals surface area contributed by atoms with Crippen molar-refractivity contribution in [2.24, 2.45) is 5.92 Å². The van der Waals surface area contributed by atoms with Gasteiger partial charge in [0.1, 0.15) is 17.8 Å². The smallest absolute Gasteiger partial charge is 0.350 e. The Bertz CT molecular complexity index is 591. The van der Waals surface area contributed by atoms with Crippen molar-refractivity contribution >= 4 is 5.82 Å². The molecule has 1 aromatic rings. The maximum absolute atomic E-state index is 12.8. The van der Waals surface area contributed by atoms with Crippen LogP contribution >= 0.6 is 0 Å². The summed E-state index contributed by atoms with van der Waals surface area (Å²) in [6.45, 7) is 0. The van der Waals surface area contributed by atoms with E-state index < -0.39 is 11.9 Å². The Balaban J connectivity index is 1.59. The summed E-state index contributed by atoms with van der Waals surface area (Å²) in [6.07, 6.45) is 5.64. The molecule has 3 nitrogen and oxygen atoms in total. The molecule has 22 heavy (non-hydrogen) atoms. The van der Waals surface area contributed by atoms with Crippen LogP contribution in [0.15, 0.2) is 24.0 Å². The summed E-state index contributed by atoms with van der Waals surface area (Å²) in [5.74, 6) is 1.19. The van der Waals surface area contributed by atoms with Crippen LogP contribution in [0.1, 0.15) is 44.2 Å². The predicted octanol–water partition coefficient (Wildman–Crippen LogP) is 3.96. The van der Waals surface area contributed by atoms with Crippen molar-refractivity contribution in [3.8, 4) is 0 Å². The van der Waals surface area contributed by atoms with Gasteiger partial charge in [0, 0.05) is 18.2 Å². The highest BCUT2D eigenvalue weighted by Crippen LogP contribution is 2.43. The largest absolute Gasteiger partial charge is 0.433 e. The summed E-state index contributed by atoms with van der Waals surface area (Å²) < 4.78 is 38.5. The molecule has 0 radical (unpaired) electrons. The number of alkyl halides is 3. The molecule has 3 heterocycles. The van der Waals surface area contributed by atoms with Crippen molar-refractivity contribution in [2.75, 3.05) is 4.90 Å². The molecule has 4 rings (SSSR count). The number of piperidine rings is 1. The van der Waals surface area contributed by atoms with E-state index in [2.05, 4.69) is 20.9 Å². The van der Waals surface area contributed by atoms with Gasteiger partial charge in [-0.2, -0.15) is 13.2 Å². The zero-order valence-corrected chi connectivity index (χ0v) is 12.2. The number of fused-ring (bicyclic) bond motifs is 2. The van der Waals surface area contributed by atoms with Crippen molar-refractivity contribution in [3.63, 3.8) is 0 Å². The Morgan fingerprint density at radius 2 is 1.73 bits per heavy atom. The summed E-state index contributed by atoms with van der Waals surface area (Å²) in [5.41, 5.74) is 0.646. The fourth-order valence-electron chi connectivity index (χ4n) is 3.80. The second-order valence-electron chi connectivity index (χ2n) is 6.62. The van der Waals surface area contributed by atoms with Gasteiger partial charge in [-0.25, -0.2) is 9.97 Å². The number of hydrogen-bond donors (Lipinski definition) is 0. The molecule has 3 fully saturated rings. The second-order valence-corrected chi connectivity index (χ2v) is 6.62. The van der Waals surface area contributed by atoms with E-state index in [9.17, 15) is 13.2 Å². The lowest BCUT2D eigenvalue weighted by Crippen LogP contribution is -2.41.